The van der Waals surface area contributed by atoms with Gasteiger partial charge in [0.1, 0.15) is 40.9 Å². The molecule has 2 aliphatic heterocycles. The van der Waals surface area contributed by atoms with E-state index in [4.69, 9.17) is 25.8 Å². The average Bonchev–Trinajstić information content (AvgIpc) is 3.47. The fraction of sp³-hybridized carbons (Fsp3) is 0.655. The predicted octanol–water partition coefficient (Wildman–Crippen LogP) is 4.94. The smallest absolute Gasteiger partial charge is 0.410 e. The number of carbonyl (C=O) groups is 1. The molecule has 11 nitrogen and oxygen atoms in total. The number of carbonyl (C=O) groups excluding carboxylic acids is 1. The number of amides is 1. The number of halogens is 4. The summed E-state index contributed by atoms with van der Waals surface area (Å²) in [5, 5.41) is 12.2. The fourth-order valence-electron chi connectivity index (χ4n) is 5.62. The van der Waals surface area contributed by atoms with Crippen LogP contribution in [0.3, 0.4) is 0 Å². The zero-order chi connectivity index (χ0) is 32.2. The summed E-state index contributed by atoms with van der Waals surface area (Å²) in [7, 11) is 1.64. The van der Waals surface area contributed by atoms with Crippen LogP contribution in [0.5, 0.6) is 11.8 Å². The van der Waals surface area contributed by atoms with Gasteiger partial charge in [0.05, 0.1) is 28.5 Å². The summed E-state index contributed by atoms with van der Waals surface area (Å²) in [6.07, 6.45) is 1.27. The molecule has 0 bridgehead atoms. The zero-order valence-electron chi connectivity index (χ0n) is 25.3. The molecule has 1 amide bonds. The molecule has 2 fully saturated rings. The van der Waals surface area contributed by atoms with Crippen LogP contribution in [-0.4, -0.2) is 95.7 Å². The Balaban J connectivity index is 1.44. The molecule has 242 valence electrons. The van der Waals surface area contributed by atoms with Crippen LogP contribution in [0, 0.1) is 17.1 Å². The van der Waals surface area contributed by atoms with Gasteiger partial charge in [-0.25, -0.2) is 13.6 Å². The number of ether oxygens (including phenoxy) is 3. The quantitative estimate of drug-likeness (QED) is 0.233. The minimum atomic E-state index is -0.948. The van der Waals surface area contributed by atoms with Gasteiger partial charge in [0.2, 0.25) is 0 Å². The van der Waals surface area contributed by atoms with E-state index in [1.54, 1.807) is 27.8 Å². The number of aromatic nitrogens is 2. The SMILES string of the molecule is CN(CCCNC(CC#N)COc1c(Cl)c(Br)c(F)c2nc(OC[C@@]34CCCN3C[C@H](F)C4)[nH]c(=O)c12)C(=O)OC(C)(C)C. The first-order valence-electron chi connectivity index (χ1n) is 14.5. The molecule has 1 aromatic heterocycles. The Morgan fingerprint density at radius 1 is 1.41 bits per heavy atom. The Hall–Kier alpha value is -2.73. The molecule has 1 aromatic carbocycles. The van der Waals surface area contributed by atoms with Crippen LogP contribution in [0.4, 0.5) is 13.6 Å². The Bertz CT molecular complexity index is 1470. The summed E-state index contributed by atoms with van der Waals surface area (Å²) in [6, 6.07) is 1.44. The van der Waals surface area contributed by atoms with Gasteiger partial charge in [-0.2, -0.15) is 10.2 Å². The standard InChI is InChI=1S/C29H38BrClF2N6O5/c1-28(2,3)44-27(41)38(4)11-6-10-35-18(7-9-34)15-42-24-19-23(22(33)20(30)21(24)31)36-26(37-25(19)40)43-16-29-8-5-12-39(29)14-17(32)13-29/h17-18,35H,5-8,10-16H2,1-4H3,(H,36,37,40)/t17-,18?,29+/m1/s1. The van der Waals surface area contributed by atoms with Crippen LogP contribution in [0.1, 0.15) is 52.9 Å². The van der Waals surface area contributed by atoms with E-state index in [-0.39, 0.29) is 51.8 Å². The number of hydrogen-bond donors (Lipinski definition) is 2. The molecule has 0 radical (unpaired) electrons. The number of nitrogens with zero attached hydrogens (tertiary/aromatic N) is 4. The van der Waals surface area contributed by atoms with Gasteiger partial charge in [-0.1, -0.05) is 11.6 Å². The second-order valence-corrected chi connectivity index (χ2v) is 13.5. The molecule has 3 heterocycles. The molecule has 4 rings (SSSR count). The van der Waals surface area contributed by atoms with E-state index >= 15 is 4.39 Å². The second-order valence-electron chi connectivity index (χ2n) is 12.3. The minimum absolute atomic E-state index is 0.0667. The van der Waals surface area contributed by atoms with Gasteiger partial charge >= 0.3 is 6.09 Å². The number of H-pyrrole nitrogens is 1. The summed E-state index contributed by atoms with van der Waals surface area (Å²) in [6.45, 7) is 7.41. The van der Waals surface area contributed by atoms with Crippen molar-refractivity contribution in [1.82, 2.24) is 25.1 Å². The van der Waals surface area contributed by atoms with Crippen LogP contribution < -0.4 is 20.3 Å². The second kappa shape index (κ2) is 14.1. The molecule has 2 aromatic rings. The lowest BCUT2D eigenvalue weighted by molar-refractivity contribution is 0.0297. The first kappa shape index (κ1) is 34.1. The molecule has 0 spiro atoms. The maximum atomic E-state index is 15.3. The third-order valence-electron chi connectivity index (χ3n) is 7.73. The third kappa shape index (κ3) is 7.91. The highest BCUT2D eigenvalue weighted by molar-refractivity contribution is 9.10. The van der Waals surface area contributed by atoms with E-state index in [9.17, 15) is 19.2 Å². The number of benzene rings is 1. The molecule has 2 N–H and O–H groups in total. The van der Waals surface area contributed by atoms with Crippen LogP contribution in [0.25, 0.3) is 10.9 Å². The molecular weight excluding hydrogens is 666 g/mol. The zero-order valence-corrected chi connectivity index (χ0v) is 27.6. The number of alkyl halides is 1. The number of nitrogens with one attached hydrogen (secondary N) is 2. The van der Waals surface area contributed by atoms with Crippen molar-refractivity contribution < 1.29 is 27.8 Å². The van der Waals surface area contributed by atoms with Crippen molar-refractivity contribution in [1.29, 1.82) is 5.26 Å². The lowest BCUT2D eigenvalue weighted by atomic mass is 9.95. The van der Waals surface area contributed by atoms with E-state index in [0.29, 0.717) is 32.5 Å². The van der Waals surface area contributed by atoms with E-state index in [1.807, 2.05) is 0 Å². The molecule has 0 saturated carbocycles. The van der Waals surface area contributed by atoms with Crippen molar-refractivity contribution in [3.8, 4) is 17.8 Å². The number of hydrogen-bond acceptors (Lipinski definition) is 9. The van der Waals surface area contributed by atoms with Crippen molar-refractivity contribution in [2.24, 2.45) is 0 Å². The van der Waals surface area contributed by atoms with Gasteiger partial charge in [0.25, 0.3) is 11.6 Å². The monoisotopic (exact) mass is 702 g/mol. The maximum absolute atomic E-state index is 15.3. The maximum Gasteiger partial charge on any atom is 0.410 e. The molecule has 2 saturated heterocycles. The van der Waals surface area contributed by atoms with Crippen molar-refractivity contribution in [2.75, 3.05) is 46.4 Å². The van der Waals surface area contributed by atoms with Gasteiger partial charge in [-0.3, -0.25) is 14.7 Å². The fourth-order valence-corrected chi connectivity index (χ4v) is 6.22. The summed E-state index contributed by atoms with van der Waals surface area (Å²) in [5.41, 5.74) is -2.11. The van der Waals surface area contributed by atoms with Gasteiger partial charge in [-0.05, 0) is 69.1 Å². The summed E-state index contributed by atoms with van der Waals surface area (Å²) in [5.74, 6) is -0.958. The van der Waals surface area contributed by atoms with Crippen molar-refractivity contribution >= 4 is 44.5 Å². The van der Waals surface area contributed by atoms with Crippen LogP contribution in [-0.2, 0) is 4.74 Å². The Kier molecular flexibility index (Phi) is 11.0. The molecule has 0 aliphatic carbocycles. The minimum Gasteiger partial charge on any atom is -0.489 e. The molecule has 15 heteroatoms. The lowest BCUT2D eigenvalue weighted by Gasteiger charge is -2.30. The normalized spacial score (nSPS) is 20.8. The average molecular weight is 704 g/mol. The molecule has 3 atom stereocenters. The number of rotatable bonds is 12. The van der Waals surface area contributed by atoms with Gasteiger partial charge in [0.15, 0.2) is 11.6 Å². The van der Waals surface area contributed by atoms with Gasteiger partial charge in [-0.15, -0.1) is 0 Å². The molecular formula is C29H38BrClF2N6O5. The number of fused-ring (bicyclic) bond motifs is 2. The largest absolute Gasteiger partial charge is 0.489 e. The van der Waals surface area contributed by atoms with E-state index in [0.717, 1.165) is 19.4 Å². The summed E-state index contributed by atoms with van der Waals surface area (Å²) < 4.78 is 46.4. The third-order valence-corrected chi connectivity index (χ3v) is 9.06. The number of aromatic amines is 1. The highest BCUT2D eigenvalue weighted by atomic mass is 79.9. The first-order chi connectivity index (χ1) is 20.7. The van der Waals surface area contributed by atoms with Crippen LogP contribution in [0.15, 0.2) is 9.27 Å². The molecule has 1 unspecified atom stereocenters. The molecule has 2 aliphatic rings. The summed E-state index contributed by atoms with van der Waals surface area (Å²) >= 11 is 9.54. The van der Waals surface area contributed by atoms with Gasteiger partial charge in [0, 0.05) is 26.6 Å². The lowest BCUT2D eigenvalue weighted by Crippen LogP contribution is -2.43. The Morgan fingerprint density at radius 2 is 2.16 bits per heavy atom. The van der Waals surface area contributed by atoms with E-state index in [2.05, 4.69) is 42.2 Å². The van der Waals surface area contributed by atoms with Crippen molar-refractivity contribution in [3.05, 3.63) is 25.7 Å². The summed E-state index contributed by atoms with van der Waals surface area (Å²) in [4.78, 5) is 35.7. The Morgan fingerprint density at radius 3 is 2.86 bits per heavy atom. The highest BCUT2D eigenvalue weighted by Gasteiger charge is 2.49. The van der Waals surface area contributed by atoms with E-state index < -0.39 is 40.8 Å². The topological polar surface area (TPSA) is 133 Å². The van der Waals surface area contributed by atoms with E-state index in [1.165, 1.54) is 4.90 Å². The highest BCUT2D eigenvalue weighted by Crippen LogP contribution is 2.42. The Labute approximate surface area is 268 Å². The number of nitriles is 1. The van der Waals surface area contributed by atoms with Crippen LogP contribution in [0.2, 0.25) is 5.02 Å². The predicted molar refractivity (Wildman–Crippen MR) is 165 cm³/mol. The van der Waals surface area contributed by atoms with Crippen LogP contribution >= 0.6 is 27.5 Å². The van der Waals surface area contributed by atoms with Gasteiger partial charge < -0.3 is 24.4 Å². The van der Waals surface area contributed by atoms with Crippen molar-refractivity contribution in [2.45, 2.75) is 76.2 Å². The molecule has 44 heavy (non-hydrogen) atoms. The first-order valence-corrected chi connectivity index (χ1v) is 15.7. The van der Waals surface area contributed by atoms with Crippen molar-refractivity contribution in [3.63, 3.8) is 0 Å².